The molecule has 0 radical (unpaired) electrons. The molecule has 1 saturated heterocycles. The number of phenols is 2. The van der Waals surface area contributed by atoms with Crippen LogP contribution in [-0.2, 0) is 49.0 Å². The summed E-state index contributed by atoms with van der Waals surface area (Å²) in [4.78, 5) is 80.4. The topological polar surface area (TPSA) is 331 Å². The number of aromatic nitrogens is 2. The van der Waals surface area contributed by atoms with E-state index in [-0.39, 0.29) is 76.4 Å². The molecule has 354 valence electrons. The van der Waals surface area contributed by atoms with E-state index in [0.29, 0.717) is 27.9 Å². The van der Waals surface area contributed by atoms with Crippen LogP contribution in [0.3, 0.4) is 0 Å². The van der Waals surface area contributed by atoms with Crippen molar-refractivity contribution < 1.29 is 73.7 Å². The molecule has 0 unspecified atom stereocenters. The molecule has 1 fully saturated rings. The molecule has 0 saturated carbocycles. The maximum Gasteiger partial charge on any atom is 0.343 e. The maximum atomic E-state index is 13.6. The van der Waals surface area contributed by atoms with Crippen LogP contribution in [0.5, 0.6) is 17.2 Å². The summed E-state index contributed by atoms with van der Waals surface area (Å²) < 4.78 is 23.5. The van der Waals surface area contributed by atoms with Crippen LogP contribution < -0.4 is 16.0 Å². The van der Waals surface area contributed by atoms with Gasteiger partial charge in [-0.25, -0.2) is 9.78 Å². The lowest BCUT2D eigenvalue weighted by Crippen LogP contribution is -2.53. The van der Waals surface area contributed by atoms with E-state index >= 15 is 0 Å². The van der Waals surface area contributed by atoms with Crippen molar-refractivity contribution in [3.05, 3.63) is 119 Å². The van der Waals surface area contributed by atoms with E-state index in [4.69, 9.17) is 24.7 Å². The molecule has 0 amide bonds. The van der Waals surface area contributed by atoms with Gasteiger partial charge >= 0.3 is 5.97 Å². The summed E-state index contributed by atoms with van der Waals surface area (Å²) >= 11 is 0. The van der Waals surface area contributed by atoms with Crippen molar-refractivity contribution in [2.24, 2.45) is 5.73 Å². The van der Waals surface area contributed by atoms with E-state index in [1.807, 2.05) is 0 Å². The minimum atomic E-state index is -2.24. The molecule has 5 aliphatic rings. The van der Waals surface area contributed by atoms with Gasteiger partial charge in [-0.15, -0.1) is 0 Å². The minimum Gasteiger partial charge on any atom is -0.507 e. The van der Waals surface area contributed by atoms with Crippen molar-refractivity contribution in [2.45, 2.75) is 94.5 Å². The number of non-ortho nitro benzene ring substituents is 1. The average molecular weight is 937 g/mol. The first-order valence-electron chi connectivity index (χ1n) is 21.5. The number of nitrogens with two attached hydrogens (primary N) is 1. The summed E-state index contributed by atoms with van der Waals surface area (Å²) in [6.07, 6.45) is -5.06. The van der Waals surface area contributed by atoms with Gasteiger partial charge in [0.25, 0.3) is 11.2 Å². The number of hydrogen-bond acceptors (Lipinski definition) is 19. The first-order chi connectivity index (χ1) is 32.3. The Hall–Kier alpha value is -6.98. The van der Waals surface area contributed by atoms with Crippen molar-refractivity contribution >= 4 is 39.9 Å². The fourth-order valence-corrected chi connectivity index (χ4v) is 9.90. The number of aromatic hydroxyl groups is 2. The lowest BCUT2D eigenvalue weighted by Gasteiger charge is -2.42. The average Bonchev–Trinajstić information content (AvgIpc) is 3.68. The first kappa shape index (κ1) is 46.1. The third kappa shape index (κ3) is 6.95. The highest BCUT2D eigenvalue weighted by Gasteiger charge is 2.51. The molecule has 2 aliphatic carbocycles. The molecule has 2 aromatic heterocycles. The van der Waals surface area contributed by atoms with Crippen molar-refractivity contribution in [1.29, 1.82) is 0 Å². The van der Waals surface area contributed by atoms with Crippen LogP contribution >= 0.6 is 0 Å². The number of carbonyl (C=O) groups is 4. The largest absolute Gasteiger partial charge is 0.507 e. The number of aliphatic hydroxyl groups is 4. The van der Waals surface area contributed by atoms with Gasteiger partial charge in [0.05, 0.1) is 81.4 Å². The zero-order chi connectivity index (χ0) is 48.9. The summed E-state index contributed by atoms with van der Waals surface area (Å²) in [5.74, 6) is -4.56. The number of nitro benzene ring substituents is 1. The molecular weight excluding hydrogens is 893 g/mol. The number of nitrogens with zero attached hydrogens (tertiary/aromatic N) is 3. The molecule has 3 aliphatic heterocycles. The number of nitro groups is 1. The Balaban J connectivity index is 0.000000177. The second-order valence-corrected chi connectivity index (χ2v) is 17.4. The molecule has 5 heterocycles. The van der Waals surface area contributed by atoms with Gasteiger partial charge in [-0.05, 0) is 37.6 Å². The predicted molar refractivity (Wildman–Crippen MR) is 233 cm³/mol. The smallest absolute Gasteiger partial charge is 0.343 e. The van der Waals surface area contributed by atoms with E-state index in [1.165, 1.54) is 35.9 Å². The van der Waals surface area contributed by atoms with Crippen LogP contribution in [0.1, 0.15) is 98.9 Å². The normalized spacial score (nSPS) is 25.4. The molecule has 0 spiro atoms. The van der Waals surface area contributed by atoms with Crippen LogP contribution in [-0.4, -0.2) is 112 Å². The van der Waals surface area contributed by atoms with E-state index in [1.54, 1.807) is 38.1 Å². The quantitative estimate of drug-likeness (QED) is 0.0520. The van der Waals surface area contributed by atoms with Gasteiger partial charge in [-0.1, -0.05) is 25.1 Å². The number of hydrogen-bond donors (Lipinski definition) is 7. The lowest BCUT2D eigenvalue weighted by atomic mass is 9.72. The molecule has 0 bridgehead atoms. The summed E-state index contributed by atoms with van der Waals surface area (Å²) in [6.45, 7) is 2.20. The van der Waals surface area contributed by atoms with Gasteiger partial charge in [-0.2, -0.15) is 0 Å². The van der Waals surface area contributed by atoms with E-state index in [2.05, 4.69) is 4.98 Å². The Morgan fingerprint density at radius 2 is 1.75 bits per heavy atom. The van der Waals surface area contributed by atoms with Crippen LogP contribution in [0.25, 0.3) is 22.3 Å². The monoisotopic (exact) mass is 936 g/mol. The highest BCUT2D eigenvalue weighted by Crippen LogP contribution is 2.53. The number of esters is 1. The summed E-state index contributed by atoms with van der Waals surface area (Å²) in [5.41, 5.74) is 2.62. The van der Waals surface area contributed by atoms with Gasteiger partial charge in [0.15, 0.2) is 23.5 Å². The molecule has 5 aromatic rings. The van der Waals surface area contributed by atoms with Crippen LogP contribution in [0.4, 0.5) is 5.69 Å². The number of cyclic esters (lactones) is 1. The summed E-state index contributed by atoms with van der Waals surface area (Å²) in [7, 11) is 1.32. The van der Waals surface area contributed by atoms with E-state index in [9.17, 15) is 64.7 Å². The number of Topliss-reactive ketones (excluding diaryl/α,β-unsaturated/α-hetero) is 1. The number of carbonyl (C=O) groups excluding carboxylic acids is 4. The van der Waals surface area contributed by atoms with E-state index in [0.717, 1.165) is 0 Å². The Kier molecular flexibility index (Phi) is 11.3. The van der Waals surface area contributed by atoms with Crippen LogP contribution in [0, 0.1) is 10.1 Å². The Morgan fingerprint density at radius 3 is 2.43 bits per heavy atom. The number of aliphatic hydroxyl groups excluding tert-OH is 2. The summed E-state index contributed by atoms with van der Waals surface area (Å²) in [5, 5.41) is 76.3. The number of methoxy groups -OCH3 is 1. The number of fused-ring (bicyclic) bond motifs is 8. The van der Waals surface area contributed by atoms with Crippen molar-refractivity contribution in [2.75, 3.05) is 13.7 Å². The fourth-order valence-electron chi connectivity index (χ4n) is 9.90. The van der Waals surface area contributed by atoms with Gasteiger partial charge in [-0.3, -0.25) is 29.3 Å². The molecular formula is C47H44N4O17. The zero-order valence-corrected chi connectivity index (χ0v) is 36.5. The van der Waals surface area contributed by atoms with Gasteiger partial charge in [0.1, 0.15) is 36.1 Å². The first-order valence-corrected chi connectivity index (χ1v) is 21.5. The molecule has 21 nitrogen and oxygen atoms in total. The second-order valence-electron chi connectivity index (χ2n) is 17.4. The Labute approximate surface area is 384 Å². The van der Waals surface area contributed by atoms with Crippen molar-refractivity contribution in [1.82, 2.24) is 9.55 Å². The molecule has 8 N–H and O–H groups in total. The number of pyridine rings is 2. The van der Waals surface area contributed by atoms with Crippen molar-refractivity contribution in [3.63, 3.8) is 0 Å². The zero-order valence-electron chi connectivity index (χ0n) is 36.5. The van der Waals surface area contributed by atoms with E-state index < -0.39 is 112 Å². The highest BCUT2D eigenvalue weighted by molar-refractivity contribution is 6.31. The maximum absolute atomic E-state index is 13.6. The summed E-state index contributed by atoms with van der Waals surface area (Å²) in [6, 6.07) is 11.6. The number of benzene rings is 3. The van der Waals surface area contributed by atoms with Crippen LogP contribution in [0.2, 0.25) is 0 Å². The van der Waals surface area contributed by atoms with Gasteiger partial charge in [0, 0.05) is 59.2 Å². The third-order valence-electron chi connectivity index (χ3n) is 13.5. The lowest BCUT2D eigenvalue weighted by molar-refractivity contribution is -0.383. The highest BCUT2D eigenvalue weighted by atomic mass is 16.7. The van der Waals surface area contributed by atoms with Crippen LogP contribution in [0.15, 0.2) is 53.3 Å². The fraction of sp³-hybridized carbons (Fsp3) is 0.362. The molecule has 10 rings (SSSR count). The van der Waals surface area contributed by atoms with Crippen molar-refractivity contribution in [3.8, 4) is 28.6 Å². The minimum absolute atomic E-state index is 0.0173. The van der Waals surface area contributed by atoms with Gasteiger partial charge < -0.3 is 59.9 Å². The number of rotatable bonds is 7. The standard InChI is InChI=1S/C27H29NO11.C20H15N3O6/c1-10-22(31)13(28)6-17(38-10)39-15-8-27(36,16(30)9-29)7-12-19(15)26(35)21-20(24(12)33)23(32)11-4-3-5-14(37-2)18(11)25(21)34;1-2-20(26)13-7-16-17-10(8-22(16)18(24)12(13)9-29-19(20)25)6-11-14(21-17)4-3-5-15(11)23(27)28/h3-5,10,13,15,17,22,29,31,33,35-36H,6-9,28H2,1-2H3;3-7,26H,2,8-9H2,1H3/t10-,13-,15-,17-,22+,27-;20-/m00/s1. The Morgan fingerprint density at radius 1 is 1.03 bits per heavy atom. The number of phenolic OH excluding ortho intramolecular Hbond substituents is 2. The third-order valence-corrected chi connectivity index (χ3v) is 13.5. The molecule has 21 heteroatoms. The number of ether oxygens (including phenoxy) is 4. The van der Waals surface area contributed by atoms with Gasteiger partial charge in [0.2, 0.25) is 5.78 Å². The molecule has 3 aromatic carbocycles. The molecule has 7 atom stereocenters. The predicted octanol–water partition coefficient (Wildman–Crippen LogP) is 1.99. The SMILES string of the molecule is CC[C@@]1(O)C(=O)OCc2c1cc1n(c2=O)Cc2cc3c([N+](=O)[O-])cccc3nc2-1.COc1cccc2c1C(=O)c1c(O)c3c(c(O)c1C2=O)C[C@@](O)(C(=O)CO)C[C@@H]3O[C@H]1C[C@H](N)[C@H](O)[C@H](C)O1. The Bertz CT molecular complexity index is 3100. The molecule has 68 heavy (non-hydrogen) atoms. The second kappa shape index (κ2) is 16.7. The number of ketones is 3.